The van der Waals surface area contributed by atoms with Gasteiger partial charge in [-0.3, -0.25) is 9.59 Å². The van der Waals surface area contributed by atoms with E-state index in [1.54, 1.807) is 24.3 Å². The van der Waals surface area contributed by atoms with Crippen molar-refractivity contribution < 1.29 is 9.59 Å². The van der Waals surface area contributed by atoms with Crippen LogP contribution in [0.15, 0.2) is 28.7 Å². The number of nitrogens with one attached hydrogen (secondary N) is 2. The van der Waals surface area contributed by atoms with E-state index in [4.69, 9.17) is 0 Å². The Labute approximate surface area is 140 Å². The van der Waals surface area contributed by atoms with E-state index < -0.39 is 0 Å². The fourth-order valence-electron chi connectivity index (χ4n) is 1.62. The molecule has 1 aromatic heterocycles. The molecule has 2 N–H and O–H groups in total. The minimum atomic E-state index is -0.204. The lowest BCUT2D eigenvalue weighted by molar-refractivity contribution is -0.116. The highest BCUT2D eigenvalue weighted by Crippen LogP contribution is 2.15. The van der Waals surface area contributed by atoms with Crippen molar-refractivity contribution in [3.63, 3.8) is 0 Å². The van der Waals surface area contributed by atoms with E-state index in [-0.39, 0.29) is 24.8 Å². The maximum absolute atomic E-state index is 11.9. The molecule has 0 radical (unpaired) electrons. The van der Waals surface area contributed by atoms with Crippen LogP contribution in [0.25, 0.3) is 0 Å². The Balaban J connectivity index is 1.74. The third-order valence-corrected chi connectivity index (χ3v) is 4.27. The Morgan fingerprint density at radius 2 is 1.95 bits per heavy atom. The highest BCUT2D eigenvalue weighted by atomic mass is 79.9. The molecule has 1 aromatic carbocycles. The number of carbonyl (C=O) groups excluding carboxylic acids is 2. The SMILES string of the molecule is CCc1nnc(NC(=O)CCNC(=O)c2ccc(Br)cc2)s1. The minimum absolute atomic E-state index is 0.184. The molecule has 0 aliphatic rings. The van der Waals surface area contributed by atoms with Gasteiger partial charge in [0, 0.05) is 23.0 Å². The maximum Gasteiger partial charge on any atom is 0.251 e. The first-order valence-corrected chi connectivity index (χ1v) is 8.35. The average Bonchev–Trinajstić information content (AvgIpc) is 2.95. The number of carbonyl (C=O) groups is 2. The van der Waals surface area contributed by atoms with Gasteiger partial charge in [0.15, 0.2) is 0 Å². The van der Waals surface area contributed by atoms with Gasteiger partial charge in [0.2, 0.25) is 11.0 Å². The molecule has 0 saturated carbocycles. The molecule has 2 amide bonds. The summed E-state index contributed by atoms with van der Waals surface area (Å²) in [6, 6.07) is 7.02. The first kappa shape index (κ1) is 16.6. The molecule has 2 rings (SSSR count). The van der Waals surface area contributed by atoms with Crippen LogP contribution in [0.4, 0.5) is 5.13 Å². The van der Waals surface area contributed by atoms with Gasteiger partial charge in [-0.25, -0.2) is 0 Å². The Morgan fingerprint density at radius 3 is 2.59 bits per heavy atom. The van der Waals surface area contributed by atoms with Crippen LogP contribution in [0.5, 0.6) is 0 Å². The molecule has 0 unspecified atom stereocenters. The van der Waals surface area contributed by atoms with Gasteiger partial charge in [0.1, 0.15) is 5.01 Å². The highest BCUT2D eigenvalue weighted by Gasteiger charge is 2.09. The van der Waals surface area contributed by atoms with Crippen molar-refractivity contribution in [3.05, 3.63) is 39.3 Å². The van der Waals surface area contributed by atoms with Crippen molar-refractivity contribution in [2.75, 3.05) is 11.9 Å². The molecule has 0 saturated heterocycles. The van der Waals surface area contributed by atoms with Crippen LogP contribution in [0.1, 0.15) is 28.7 Å². The van der Waals surface area contributed by atoms with Gasteiger partial charge in [-0.2, -0.15) is 0 Å². The van der Waals surface area contributed by atoms with E-state index >= 15 is 0 Å². The summed E-state index contributed by atoms with van der Waals surface area (Å²) in [5.74, 6) is -0.403. The highest BCUT2D eigenvalue weighted by molar-refractivity contribution is 9.10. The smallest absolute Gasteiger partial charge is 0.251 e. The molecule has 0 bridgehead atoms. The predicted octanol–water partition coefficient (Wildman–Crippen LogP) is 2.62. The second kappa shape index (κ2) is 8.00. The van der Waals surface area contributed by atoms with Gasteiger partial charge in [0.05, 0.1) is 0 Å². The second-order valence-electron chi connectivity index (χ2n) is 4.42. The number of aromatic nitrogens is 2. The lowest BCUT2D eigenvalue weighted by Crippen LogP contribution is -2.27. The van der Waals surface area contributed by atoms with Gasteiger partial charge in [-0.05, 0) is 30.7 Å². The number of benzene rings is 1. The quantitative estimate of drug-likeness (QED) is 0.803. The summed E-state index contributed by atoms with van der Waals surface area (Å²) in [6.45, 7) is 2.24. The zero-order valence-electron chi connectivity index (χ0n) is 11.9. The molecule has 0 spiro atoms. The normalized spacial score (nSPS) is 10.3. The maximum atomic E-state index is 11.9. The molecule has 116 valence electrons. The number of anilines is 1. The number of aryl methyl sites for hydroxylation is 1. The molecule has 2 aromatic rings. The number of hydrogen-bond donors (Lipinski definition) is 2. The van der Waals surface area contributed by atoms with Crippen molar-refractivity contribution in [1.29, 1.82) is 0 Å². The molecule has 0 aliphatic carbocycles. The second-order valence-corrected chi connectivity index (χ2v) is 6.39. The zero-order valence-corrected chi connectivity index (χ0v) is 14.3. The first-order chi connectivity index (χ1) is 10.6. The summed E-state index contributed by atoms with van der Waals surface area (Å²) in [4.78, 5) is 23.6. The fourth-order valence-corrected chi connectivity index (χ4v) is 2.58. The number of nitrogens with zero attached hydrogens (tertiary/aromatic N) is 2. The lowest BCUT2D eigenvalue weighted by Gasteiger charge is -2.05. The van der Waals surface area contributed by atoms with E-state index in [9.17, 15) is 9.59 Å². The predicted molar refractivity (Wildman–Crippen MR) is 89.0 cm³/mol. The Bertz CT molecular complexity index is 657. The summed E-state index contributed by atoms with van der Waals surface area (Å²) in [5.41, 5.74) is 0.556. The van der Waals surface area contributed by atoms with E-state index in [0.29, 0.717) is 10.7 Å². The molecule has 22 heavy (non-hydrogen) atoms. The van der Waals surface area contributed by atoms with Crippen LogP contribution < -0.4 is 10.6 Å². The van der Waals surface area contributed by atoms with Crippen molar-refractivity contribution >= 4 is 44.2 Å². The molecule has 6 nitrogen and oxygen atoms in total. The van der Waals surface area contributed by atoms with Gasteiger partial charge in [-0.1, -0.05) is 34.2 Å². The summed E-state index contributed by atoms with van der Waals surface area (Å²) in [5, 5.41) is 14.5. The summed E-state index contributed by atoms with van der Waals surface area (Å²) < 4.78 is 0.909. The van der Waals surface area contributed by atoms with Crippen LogP contribution in [0.3, 0.4) is 0 Å². The topological polar surface area (TPSA) is 84.0 Å². The van der Waals surface area contributed by atoms with Gasteiger partial charge in [0.25, 0.3) is 5.91 Å². The summed E-state index contributed by atoms with van der Waals surface area (Å²) in [7, 11) is 0. The standard InChI is InChI=1S/C14H15BrN4O2S/c1-2-12-18-19-14(22-12)17-11(20)7-8-16-13(21)9-3-5-10(15)6-4-9/h3-6H,2,7-8H2,1H3,(H,16,21)(H,17,19,20). The van der Waals surface area contributed by atoms with Crippen molar-refractivity contribution in [3.8, 4) is 0 Å². The molecule has 0 aliphatic heterocycles. The largest absolute Gasteiger partial charge is 0.352 e. The number of halogens is 1. The van der Waals surface area contributed by atoms with Crippen molar-refractivity contribution in [1.82, 2.24) is 15.5 Å². The Kier molecular flexibility index (Phi) is 6.02. The number of hydrogen-bond acceptors (Lipinski definition) is 5. The Morgan fingerprint density at radius 1 is 1.23 bits per heavy atom. The third-order valence-electron chi connectivity index (χ3n) is 2.76. The van der Waals surface area contributed by atoms with Crippen LogP contribution >= 0.6 is 27.3 Å². The molecular weight excluding hydrogens is 368 g/mol. The monoisotopic (exact) mass is 382 g/mol. The molecule has 0 atom stereocenters. The minimum Gasteiger partial charge on any atom is -0.352 e. The molecular formula is C14H15BrN4O2S. The number of amides is 2. The van der Waals surface area contributed by atoms with E-state index in [1.165, 1.54) is 11.3 Å². The van der Waals surface area contributed by atoms with E-state index in [0.717, 1.165) is 15.9 Å². The zero-order chi connectivity index (χ0) is 15.9. The van der Waals surface area contributed by atoms with Crippen LogP contribution in [0, 0.1) is 0 Å². The first-order valence-electron chi connectivity index (χ1n) is 6.74. The van der Waals surface area contributed by atoms with Crippen molar-refractivity contribution in [2.45, 2.75) is 19.8 Å². The van der Waals surface area contributed by atoms with Crippen LogP contribution in [-0.2, 0) is 11.2 Å². The van der Waals surface area contributed by atoms with Gasteiger partial charge in [-0.15, -0.1) is 10.2 Å². The molecule has 0 fully saturated rings. The third kappa shape index (κ3) is 4.88. The van der Waals surface area contributed by atoms with Crippen LogP contribution in [-0.4, -0.2) is 28.6 Å². The van der Waals surface area contributed by atoms with Gasteiger partial charge < -0.3 is 10.6 Å². The number of rotatable bonds is 6. The lowest BCUT2D eigenvalue weighted by atomic mass is 10.2. The fraction of sp³-hybridized carbons (Fsp3) is 0.286. The van der Waals surface area contributed by atoms with E-state index in [1.807, 2.05) is 6.92 Å². The summed E-state index contributed by atoms with van der Waals surface area (Å²) in [6.07, 6.45) is 0.972. The van der Waals surface area contributed by atoms with E-state index in [2.05, 4.69) is 36.8 Å². The molecule has 1 heterocycles. The molecule has 8 heteroatoms. The van der Waals surface area contributed by atoms with Crippen LogP contribution in [0.2, 0.25) is 0 Å². The Hall–Kier alpha value is -1.80. The average molecular weight is 383 g/mol. The van der Waals surface area contributed by atoms with Gasteiger partial charge >= 0.3 is 0 Å². The summed E-state index contributed by atoms with van der Waals surface area (Å²) >= 11 is 4.66. The van der Waals surface area contributed by atoms with Crippen molar-refractivity contribution in [2.24, 2.45) is 0 Å².